The Morgan fingerprint density at radius 2 is 0.939 bits per heavy atom. The minimum atomic E-state index is -1.89. The molecule has 10 atom stereocenters. The average Bonchev–Trinajstić information content (AvgIpc) is 1.15. The molecule has 31 heteroatoms. The van der Waals surface area contributed by atoms with E-state index < -0.39 is 141 Å². The summed E-state index contributed by atoms with van der Waals surface area (Å²) < 4.78 is 3.94. The van der Waals surface area contributed by atoms with Crippen LogP contribution in [0.1, 0.15) is 117 Å². The number of aromatic amines is 1. The molecule has 11 amide bonds. The van der Waals surface area contributed by atoms with Gasteiger partial charge in [-0.25, -0.2) is 4.79 Å². The van der Waals surface area contributed by atoms with Crippen LogP contribution in [0, 0.1) is 0 Å². The zero-order valence-electron chi connectivity index (χ0n) is 73.7. The normalized spacial score (nSPS) is 17.8. The Kier molecular flexibility index (Phi) is 37.1. The second-order valence-electron chi connectivity index (χ2n) is 32.9. The minimum Gasteiger partial charge on any atom is -0.508 e. The maximum Gasteiger partial charge on any atom is 0.407 e. The number of unbranched alkanes of at least 4 members (excludes halogenated alkanes) is 1. The molecule has 688 valence electrons. The number of thioether (sulfide) groups is 2. The molecule has 2 heterocycles. The lowest BCUT2D eigenvalue weighted by atomic mass is 9.84. The summed E-state index contributed by atoms with van der Waals surface area (Å²) in [7, 11) is 1.82. The summed E-state index contributed by atoms with van der Waals surface area (Å²) in [5.41, 5.74) is 7.40. The average molecular weight is 1850 g/mol. The van der Waals surface area contributed by atoms with E-state index in [1.54, 1.807) is 99.0 Å². The van der Waals surface area contributed by atoms with Gasteiger partial charge in [-0.3, -0.25) is 47.9 Å². The van der Waals surface area contributed by atoms with Crippen molar-refractivity contribution in [3.8, 4) is 5.75 Å². The summed E-state index contributed by atoms with van der Waals surface area (Å²) in [4.78, 5) is 166. The molecule has 0 unspecified atom stereocenters. The van der Waals surface area contributed by atoms with Crippen LogP contribution in [0.2, 0.25) is 0 Å². The van der Waals surface area contributed by atoms with Gasteiger partial charge in [-0.15, -0.1) is 23.5 Å². The molecule has 27 nitrogen and oxygen atoms in total. The third-order valence-corrected chi connectivity index (χ3v) is 27.5. The third-order valence-electron chi connectivity index (χ3n) is 22.0. The number of aromatic nitrogens is 1. The van der Waals surface area contributed by atoms with Crippen LogP contribution in [0.4, 0.5) is 4.79 Å². The summed E-state index contributed by atoms with van der Waals surface area (Å²) in [6.07, 6.45) is -2.80. The summed E-state index contributed by atoms with van der Waals surface area (Å²) in [5, 5.41) is 64.4. The van der Waals surface area contributed by atoms with Gasteiger partial charge in [0, 0.05) is 91.8 Å². The number of para-hydroxylation sites is 1. The molecule has 131 heavy (non-hydrogen) atoms. The number of amides is 11. The van der Waals surface area contributed by atoms with Gasteiger partial charge in [-0.2, -0.15) is 0 Å². The number of carbonyl (C=O) groups excluding carboxylic acids is 11. The number of ether oxygens (including phenoxy) is 1. The van der Waals surface area contributed by atoms with Gasteiger partial charge in [0.15, 0.2) is 0 Å². The molecule has 1 aromatic heterocycles. The van der Waals surface area contributed by atoms with Crippen LogP contribution < -0.4 is 58.5 Å². The first-order chi connectivity index (χ1) is 63.2. The Hall–Kier alpha value is -12.4. The van der Waals surface area contributed by atoms with Gasteiger partial charge in [0.1, 0.15) is 59.7 Å². The molecule has 0 bridgehead atoms. The molecule has 15 N–H and O–H groups in total. The summed E-state index contributed by atoms with van der Waals surface area (Å²) in [6.45, 7) is 7.37. The number of phenolic OH excluding ortho intramolecular Hbond substituents is 1. The maximum atomic E-state index is 15.7. The molecule has 11 rings (SSSR count). The number of aromatic hydroxyl groups is 1. The molecule has 1 fully saturated rings. The molecule has 0 spiro atoms. The number of hydrogen-bond donors (Lipinski definition) is 15. The Balaban J connectivity index is 0.884. The summed E-state index contributed by atoms with van der Waals surface area (Å²) in [5.74, 6) is -8.82. The number of rotatable bonds is 36. The van der Waals surface area contributed by atoms with Crippen molar-refractivity contribution in [3.63, 3.8) is 0 Å². The number of fused-ring (bicyclic) bond motifs is 1. The van der Waals surface area contributed by atoms with Gasteiger partial charge in [0.05, 0.1) is 21.7 Å². The molecule has 0 saturated carbocycles. The van der Waals surface area contributed by atoms with Crippen molar-refractivity contribution in [1.29, 1.82) is 0 Å². The molecule has 1 aliphatic rings. The van der Waals surface area contributed by atoms with E-state index in [9.17, 15) is 34.5 Å². The fourth-order valence-electron chi connectivity index (χ4n) is 15.4. The molecular weight excluding hydrogens is 1740 g/mol. The van der Waals surface area contributed by atoms with E-state index in [4.69, 9.17) is 4.74 Å². The second-order valence-corrected chi connectivity index (χ2v) is 38.1. The molecule has 1 aliphatic heterocycles. The predicted octanol–water partition coefficient (Wildman–Crippen LogP) is 10.1. The number of aliphatic hydroxyl groups is 2. The Morgan fingerprint density at radius 3 is 1.46 bits per heavy atom. The van der Waals surface area contributed by atoms with Crippen molar-refractivity contribution in [3.05, 3.63) is 317 Å². The molecule has 10 aromatic rings. The predicted molar refractivity (Wildman–Crippen MR) is 514 cm³/mol. The first-order valence-electron chi connectivity index (χ1n) is 43.7. The number of nitrogens with one attached hydrogen (secondary N) is 12. The number of hydrogen-bond acceptors (Lipinski definition) is 19. The zero-order valence-corrected chi connectivity index (χ0v) is 76.9. The van der Waals surface area contributed by atoms with Crippen molar-refractivity contribution in [2.45, 2.75) is 162 Å². The molecule has 0 aliphatic carbocycles. The fourth-order valence-corrected chi connectivity index (χ4v) is 20.7. The lowest BCUT2D eigenvalue weighted by molar-refractivity contribution is -0.137. The lowest BCUT2D eigenvalue weighted by Crippen LogP contribution is -2.63. The van der Waals surface area contributed by atoms with Crippen LogP contribution in [0.5, 0.6) is 5.75 Å². The lowest BCUT2D eigenvalue weighted by Gasteiger charge is -2.35. The largest absolute Gasteiger partial charge is 0.508 e. The monoisotopic (exact) mass is 1850 g/mol. The summed E-state index contributed by atoms with van der Waals surface area (Å²) in [6, 6.07) is 68.8. The van der Waals surface area contributed by atoms with E-state index >= 15 is 33.6 Å². The number of aliphatic hydroxyl groups excluding tert-OH is 2. The first kappa shape index (κ1) is 99.2. The number of phenols is 1. The number of carbonyl (C=O) groups is 11. The van der Waals surface area contributed by atoms with Gasteiger partial charge < -0.3 is 83.5 Å². The van der Waals surface area contributed by atoms with E-state index in [1.165, 1.54) is 38.1 Å². The van der Waals surface area contributed by atoms with Crippen molar-refractivity contribution in [2.75, 3.05) is 42.6 Å². The Bertz CT molecular complexity index is 5230. The van der Waals surface area contributed by atoms with Crippen LogP contribution in [-0.2, 0) is 81.4 Å². The van der Waals surface area contributed by atoms with Crippen LogP contribution in [0.3, 0.4) is 0 Å². The van der Waals surface area contributed by atoms with Gasteiger partial charge >= 0.3 is 6.09 Å². The van der Waals surface area contributed by atoms with Gasteiger partial charge in [-0.1, -0.05) is 264 Å². The quantitative estimate of drug-likeness (QED) is 0.00985. The van der Waals surface area contributed by atoms with Crippen molar-refractivity contribution in [1.82, 2.24) is 63.5 Å². The number of benzene rings is 9. The molecule has 1 saturated heterocycles. The van der Waals surface area contributed by atoms with E-state index in [0.29, 0.717) is 33.3 Å². The highest BCUT2D eigenvalue weighted by Crippen LogP contribution is 2.50. The fraction of sp³-hybridized carbons (Fsp3) is 0.330. The van der Waals surface area contributed by atoms with Crippen LogP contribution in [-0.4, -0.2) is 194 Å². The van der Waals surface area contributed by atoms with Gasteiger partial charge in [0.2, 0.25) is 59.1 Å². The standard InChI is InChI=1S/C100H114N12O15S4/c1-65(113)87(95(124)102-56-55-101-85(116)52-57-128-99(70-33-15-7-16-34-70,71-35-17-8-18-36-71)72-37-19-9-20-38-72)111-94(123)84-64-131-130-63-83(109-90(119)80(59-67-31-13-6-14-32-67)105-86(117)53-58-129-100(73-39-21-10-22-40-73,74-41-23-11-24-42-74)75-43-25-12-26-44-75)93(122)107-81(60-68-48-50-76(115)51-49-68)91(120)108-82(61-69-62-104-78-46-28-27-45-77(69)78)92(121)106-79(89(118)112-88(66(2)114)96(125)110-84)47-29-30-54-103-97(126)127-98(3,4)5/h6-28,31-46,48-51,62,65-66,79-84,87-88,104,113-115H,29-30,47,52-61,63-64H2,1-5H3,(H,101,116)(H,102,124)(H,103,126)(H,105,117)(H,106,121)(H,107,122)(H,108,120)(H,109,119)(H,110,125)(H,111,123)(H,112,118)/t65-,66-,79+,80-,81+,82-,83+,84+,87+,88+/m1/s1. The first-order valence-corrected chi connectivity index (χ1v) is 48.2. The molecule has 0 radical (unpaired) electrons. The van der Waals surface area contributed by atoms with Crippen molar-refractivity contribution in [2.24, 2.45) is 0 Å². The van der Waals surface area contributed by atoms with Gasteiger partial charge in [-0.05, 0) is 122 Å². The van der Waals surface area contributed by atoms with Crippen molar-refractivity contribution >= 4 is 121 Å². The topological polar surface area (TPSA) is 406 Å². The van der Waals surface area contributed by atoms with Crippen LogP contribution in [0.25, 0.3) is 10.9 Å². The maximum absolute atomic E-state index is 15.7. The van der Waals surface area contributed by atoms with E-state index in [0.717, 1.165) is 55.0 Å². The third kappa shape index (κ3) is 28.6. The Labute approximate surface area is 779 Å². The smallest absolute Gasteiger partial charge is 0.407 e. The molecule has 9 aromatic carbocycles. The SMILES string of the molecule is C[C@@H](O)[C@H](NC(=O)[C@@H]1CSSC[C@H](NC(=O)[C@@H](Cc2ccccc2)NC(=O)CCSC(c2ccccc2)(c2ccccc2)c2ccccc2)C(=O)N[C@@H](Cc2ccc(O)cc2)C(=O)N[C@H](Cc2c[nH]c3ccccc23)C(=O)N[C@@H](CCCCNC(=O)OC(C)(C)C)C(=O)N[C@@H]([C@@H](C)O)C(=O)N1)C(=O)NCCNC(=O)CCSC(c1ccccc1)(c1ccccc1)c1ccccc1. The highest BCUT2D eigenvalue weighted by molar-refractivity contribution is 8.76. The van der Waals surface area contributed by atoms with Gasteiger partial charge in [0.25, 0.3) is 0 Å². The summed E-state index contributed by atoms with van der Waals surface area (Å²) >= 11 is 3.15. The second kappa shape index (κ2) is 49.0. The minimum absolute atomic E-state index is 0.0537. The molecular formula is C100H114N12O15S4. The number of H-pyrrole nitrogens is 1. The van der Waals surface area contributed by atoms with Crippen LogP contribution in [0.15, 0.2) is 267 Å². The van der Waals surface area contributed by atoms with Crippen LogP contribution >= 0.6 is 45.1 Å². The van der Waals surface area contributed by atoms with E-state index in [2.05, 4.69) is 99.9 Å². The highest BCUT2D eigenvalue weighted by Gasteiger charge is 2.42. The highest BCUT2D eigenvalue weighted by atomic mass is 33.1. The Morgan fingerprint density at radius 1 is 0.473 bits per heavy atom. The number of alkyl carbamates (subject to hydrolysis) is 1. The van der Waals surface area contributed by atoms with E-state index in [-0.39, 0.29) is 94.2 Å². The van der Waals surface area contributed by atoms with E-state index in [1.807, 2.05) is 152 Å². The zero-order chi connectivity index (χ0) is 93.3. The van der Waals surface area contributed by atoms with Crippen molar-refractivity contribution < 1.29 is 72.8 Å².